The van der Waals surface area contributed by atoms with E-state index < -0.39 is 11.3 Å². The lowest BCUT2D eigenvalue weighted by Gasteiger charge is -2.23. The van der Waals surface area contributed by atoms with Gasteiger partial charge in [-0.15, -0.1) is 0 Å². The van der Waals surface area contributed by atoms with E-state index in [0.29, 0.717) is 27.5 Å². The number of hydrogen-bond donors (Lipinski definition) is 2. The summed E-state index contributed by atoms with van der Waals surface area (Å²) in [6.07, 6.45) is 0.184. The van der Waals surface area contributed by atoms with E-state index in [0.717, 1.165) is 4.31 Å². The predicted octanol–water partition coefficient (Wildman–Crippen LogP) is 5.30. The highest BCUT2D eigenvalue weighted by atomic mass is 35.5. The Morgan fingerprint density at radius 2 is 1.87 bits per heavy atom. The number of nitrogens with zero attached hydrogens (tertiary/aromatic N) is 5. The normalized spacial score (nSPS) is 11.4. The number of ether oxygens (including phenoxy) is 1. The van der Waals surface area contributed by atoms with Gasteiger partial charge < -0.3 is 15.0 Å². The zero-order valence-corrected chi connectivity index (χ0v) is 22.0. The third-order valence-corrected chi connectivity index (χ3v) is 6.59. The van der Waals surface area contributed by atoms with Gasteiger partial charge in [0, 0.05) is 25.2 Å². The Bertz CT molecular complexity index is 1560. The van der Waals surface area contributed by atoms with Crippen LogP contribution in [0.4, 0.5) is 23.0 Å². The number of benzene rings is 3. The number of anilines is 4. The lowest BCUT2D eigenvalue weighted by Crippen LogP contribution is -2.28. The molecule has 4 aromatic rings. The Labute approximate surface area is 226 Å². The van der Waals surface area contributed by atoms with Crippen molar-refractivity contribution in [1.29, 1.82) is 5.26 Å². The molecule has 0 saturated heterocycles. The van der Waals surface area contributed by atoms with E-state index in [1.807, 2.05) is 6.07 Å². The average Bonchev–Trinajstić information content (AvgIpc) is 2.92. The van der Waals surface area contributed by atoms with E-state index in [9.17, 15) is 13.6 Å². The smallest absolute Gasteiger partial charge is 0.268 e. The van der Waals surface area contributed by atoms with Crippen molar-refractivity contribution in [1.82, 2.24) is 14.9 Å². The molecule has 4 rings (SSSR count). The Morgan fingerprint density at radius 3 is 2.55 bits per heavy atom. The second-order valence-corrected chi connectivity index (χ2v) is 9.30. The topological polar surface area (TPSA) is 132 Å². The first-order valence-corrected chi connectivity index (χ1v) is 12.8. The first-order valence-electron chi connectivity index (χ1n) is 11.3. The maximum Gasteiger partial charge on any atom is 0.268 e. The van der Waals surface area contributed by atoms with Crippen LogP contribution in [-0.4, -0.2) is 50.2 Å². The molecule has 1 unspecified atom stereocenters. The molecule has 12 heteroatoms. The summed E-state index contributed by atoms with van der Waals surface area (Å²) in [5.41, 5.74) is 1.99. The summed E-state index contributed by atoms with van der Waals surface area (Å²) in [7, 11) is 3.11. The minimum atomic E-state index is -2.60. The molecule has 0 radical (unpaired) electrons. The van der Waals surface area contributed by atoms with Gasteiger partial charge >= 0.3 is 0 Å². The van der Waals surface area contributed by atoms with E-state index in [-0.39, 0.29) is 41.8 Å². The molecular weight excluding hydrogens is 528 g/mol. The minimum absolute atomic E-state index is 0.0332. The van der Waals surface area contributed by atoms with Gasteiger partial charge in [0.2, 0.25) is 0 Å². The zero-order chi connectivity index (χ0) is 27.2. The number of fused-ring (bicyclic) bond motifs is 1. The summed E-state index contributed by atoms with van der Waals surface area (Å²) in [5, 5.41) is 12.3. The molecule has 0 aliphatic rings. The van der Waals surface area contributed by atoms with Crippen molar-refractivity contribution in [2.75, 3.05) is 30.3 Å². The number of carbonyl (C=O) groups is 1. The van der Waals surface area contributed by atoms with Gasteiger partial charge in [0.05, 0.1) is 47.0 Å². The number of amides is 1. The van der Waals surface area contributed by atoms with Gasteiger partial charge in [-0.05, 0) is 42.5 Å². The van der Waals surface area contributed by atoms with Crippen molar-refractivity contribution in [3.05, 3.63) is 77.3 Å². The van der Waals surface area contributed by atoms with E-state index in [4.69, 9.17) is 21.6 Å². The Balaban J connectivity index is 1.83. The summed E-state index contributed by atoms with van der Waals surface area (Å²) in [4.78, 5) is 23.6. The van der Waals surface area contributed by atoms with Crippen LogP contribution in [0.2, 0.25) is 5.02 Å². The number of carbonyl (C=O) groups excluding carboxylic acids is 1. The molecule has 10 nitrogen and oxygen atoms in total. The number of hydrogen-bond acceptors (Lipinski definition) is 7. The number of aromatic nitrogens is 2. The van der Waals surface area contributed by atoms with Crippen LogP contribution in [0.5, 0.6) is 5.75 Å². The quantitative estimate of drug-likeness (QED) is 0.268. The second-order valence-electron chi connectivity index (χ2n) is 8.07. The molecule has 1 amide bonds. The van der Waals surface area contributed by atoms with E-state index in [1.54, 1.807) is 67.7 Å². The van der Waals surface area contributed by atoms with Gasteiger partial charge in [0.15, 0.2) is 11.6 Å². The Hall–Kier alpha value is -4.24. The van der Waals surface area contributed by atoms with Crippen molar-refractivity contribution in [2.24, 2.45) is 0 Å². The first-order chi connectivity index (χ1) is 18.3. The largest absolute Gasteiger partial charge is 0.497 e. The van der Waals surface area contributed by atoms with Gasteiger partial charge in [0.25, 0.3) is 17.2 Å². The van der Waals surface area contributed by atoms with Crippen LogP contribution in [0.25, 0.3) is 11.0 Å². The summed E-state index contributed by atoms with van der Waals surface area (Å²) < 4.78 is 29.5. The van der Waals surface area contributed by atoms with Crippen molar-refractivity contribution in [3.8, 4) is 11.8 Å². The average molecular weight is 551 g/mol. The minimum Gasteiger partial charge on any atom is -0.497 e. The highest BCUT2D eigenvalue weighted by Gasteiger charge is 2.24. The van der Waals surface area contributed by atoms with Crippen LogP contribution in [-0.2, 0) is 11.3 Å². The third-order valence-electron chi connectivity index (χ3n) is 5.56. The van der Waals surface area contributed by atoms with Crippen molar-refractivity contribution in [2.45, 2.75) is 6.42 Å². The van der Waals surface area contributed by atoms with Gasteiger partial charge in [-0.25, -0.2) is 18.5 Å². The van der Waals surface area contributed by atoms with Gasteiger partial charge in [0.1, 0.15) is 5.75 Å². The predicted molar refractivity (Wildman–Crippen MR) is 147 cm³/mol. The van der Waals surface area contributed by atoms with Gasteiger partial charge in [-0.1, -0.05) is 29.8 Å². The third kappa shape index (κ3) is 5.84. The summed E-state index contributed by atoms with van der Waals surface area (Å²) in [6.45, 7) is 0.251. The summed E-state index contributed by atoms with van der Waals surface area (Å²) in [6, 6.07) is 20.4. The fraction of sp³-hybridized carbons (Fsp3) is 0.154. The number of para-hydroxylation sites is 2. The van der Waals surface area contributed by atoms with Crippen LogP contribution < -0.4 is 14.4 Å². The van der Waals surface area contributed by atoms with Gasteiger partial charge in [-0.3, -0.25) is 9.35 Å². The van der Waals surface area contributed by atoms with E-state index in [2.05, 4.69) is 15.3 Å². The molecule has 194 valence electrons. The molecule has 0 bridgehead atoms. The number of methoxy groups -OCH3 is 1. The van der Waals surface area contributed by atoms with Crippen molar-refractivity contribution >= 4 is 62.8 Å². The molecule has 1 aromatic heterocycles. The number of nitrogens with one attached hydrogen (secondary N) is 1. The maximum atomic E-state index is 12.9. The van der Waals surface area contributed by atoms with Crippen LogP contribution >= 0.6 is 11.6 Å². The Morgan fingerprint density at radius 1 is 1.13 bits per heavy atom. The molecule has 2 N–H and O–H groups in total. The lowest BCUT2D eigenvalue weighted by atomic mass is 10.1. The molecule has 0 aliphatic heterocycles. The molecule has 3 aromatic carbocycles. The number of rotatable bonds is 9. The SMILES string of the molecule is COc1ccc(Cl)c(Nc2nc3ccccc3nc2N(c2cccc(C(=O)N(C)CCC#N)c2)S(=O)O)c1. The molecule has 1 atom stereocenters. The molecule has 0 fully saturated rings. The van der Waals surface area contributed by atoms with Crippen LogP contribution in [0, 0.1) is 11.3 Å². The van der Waals surface area contributed by atoms with Gasteiger partial charge in [-0.2, -0.15) is 5.26 Å². The second kappa shape index (κ2) is 11.9. The Kier molecular flexibility index (Phi) is 8.38. The fourth-order valence-electron chi connectivity index (χ4n) is 3.66. The monoisotopic (exact) mass is 550 g/mol. The molecule has 0 saturated carbocycles. The molecule has 0 spiro atoms. The molecule has 0 aliphatic carbocycles. The molecule has 38 heavy (non-hydrogen) atoms. The maximum absolute atomic E-state index is 12.9. The molecule has 1 heterocycles. The van der Waals surface area contributed by atoms with Crippen molar-refractivity contribution in [3.63, 3.8) is 0 Å². The van der Waals surface area contributed by atoms with Crippen LogP contribution in [0.3, 0.4) is 0 Å². The summed E-state index contributed by atoms with van der Waals surface area (Å²) in [5.74, 6) is 0.397. The first kappa shape index (κ1) is 26.8. The fourth-order valence-corrected chi connectivity index (χ4v) is 4.40. The zero-order valence-electron chi connectivity index (χ0n) is 20.5. The van der Waals surface area contributed by atoms with Crippen molar-refractivity contribution < 1.29 is 18.3 Å². The van der Waals surface area contributed by atoms with Crippen LogP contribution in [0.1, 0.15) is 16.8 Å². The lowest BCUT2D eigenvalue weighted by molar-refractivity contribution is 0.0798. The number of nitriles is 1. The highest BCUT2D eigenvalue weighted by Crippen LogP contribution is 2.36. The van der Waals surface area contributed by atoms with E-state index >= 15 is 0 Å². The van der Waals surface area contributed by atoms with Crippen LogP contribution in [0.15, 0.2) is 66.7 Å². The highest BCUT2D eigenvalue weighted by molar-refractivity contribution is 7.81. The standard InChI is InChI=1S/C26H23ClN6O4S/c1-32(14-6-13-28)26(34)17-7-5-8-18(15-17)33(38(35)36)25-24(29-21-9-3-4-10-22(21)31-25)30-23-16-19(37-2)11-12-20(23)27/h3-5,7-12,15-16H,6,14H2,1-2H3,(H,29,30)(H,35,36). The summed E-state index contributed by atoms with van der Waals surface area (Å²) >= 11 is 3.80. The number of halogens is 1. The molecular formula is C26H23ClN6O4S. The van der Waals surface area contributed by atoms with E-state index in [1.165, 1.54) is 18.1 Å².